The number of benzene rings is 1. The number of hydrogen-bond acceptors (Lipinski definition) is 6. The van der Waals surface area contributed by atoms with Crippen molar-refractivity contribution in [2.75, 3.05) is 54.7 Å². The highest BCUT2D eigenvalue weighted by molar-refractivity contribution is 5.98. The van der Waals surface area contributed by atoms with E-state index >= 15 is 0 Å². The van der Waals surface area contributed by atoms with Crippen LogP contribution in [0.5, 0.6) is 0 Å². The first-order valence-corrected chi connectivity index (χ1v) is 13.1. The summed E-state index contributed by atoms with van der Waals surface area (Å²) in [6, 6.07) is 12.3. The van der Waals surface area contributed by atoms with Gasteiger partial charge in [0.05, 0.1) is 12.3 Å². The van der Waals surface area contributed by atoms with Gasteiger partial charge in [-0.05, 0) is 55.3 Å². The maximum atomic E-state index is 12.2. The van der Waals surface area contributed by atoms with Gasteiger partial charge in [-0.2, -0.15) is 0 Å². The summed E-state index contributed by atoms with van der Waals surface area (Å²) in [5, 5.41) is 0. The summed E-state index contributed by atoms with van der Waals surface area (Å²) in [4.78, 5) is 26.0. The molecule has 0 saturated carbocycles. The standard InChI is InChI=1S/C24H28N2O3.C3H8O.C2H6O.C2H6/c1-5-25(9-10-29-4)14-19-7-6-8-20(11-19)21-12-23-13-22(16-27)17(2)24(18(3)28)26(23)15-21;1-3-4-2;1-3-2;1-2/h6-8,11-13,15-16H,5,9-10,14H2,1-4H3;3H2,1-2H3;1-2H3;1-2H3. The van der Waals surface area contributed by atoms with E-state index in [1.54, 1.807) is 28.4 Å². The van der Waals surface area contributed by atoms with Gasteiger partial charge in [-0.1, -0.05) is 39.0 Å². The summed E-state index contributed by atoms with van der Waals surface area (Å²) in [5.74, 6) is -0.0520. The molecule has 7 heteroatoms. The second kappa shape index (κ2) is 20.2. The molecular formula is C31H48N2O5. The molecular weight excluding hydrogens is 480 g/mol. The Morgan fingerprint density at radius 3 is 2.13 bits per heavy atom. The van der Waals surface area contributed by atoms with Crippen molar-refractivity contribution in [2.24, 2.45) is 0 Å². The molecule has 0 spiro atoms. The molecule has 0 aliphatic heterocycles. The van der Waals surface area contributed by atoms with Crippen LogP contribution >= 0.6 is 0 Å². The number of ketones is 1. The third kappa shape index (κ3) is 10.9. The first-order chi connectivity index (χ1) is 18.3. The minimum absolute atomic E-state index is 0.0520. The summed E-state index contributed by atoms with van der Waals surface area (Å²) in [7, 11) is 6.65. The molecule has 0 atom stereocenters. The summed E-state index contributed by atoms with van der Waals surface area (Å²) in [5.41, 5.74) is 6.02. The van der Waals surface area contributed by atoms with E-state index < -0.39 is 0 Å². The first kappa shape index (κ1) is 35.2. The number of aldehydes is 1. The largest absolute Gasteiger partial charge is 0.388 e. The maximum absolute atomic E-state index is 12.2. The van der Waals surface area contributed by atoms with Gasteiger partial charge in [0.1, 0.15) is 6.29 Å². The average Bonchev–Trinajstić information content (AvgIpc) is 3.35. The van der Waals surface area contributed by atoms with Gasteiger partial charge in [0, 0.05) is 77.9 Å². The highest BCUT2D eigenvalue weighted by Gasteiger charge is 2.15. The molecule has 7 nitrogen and oxygen atoms in total. The van der Waals surface area contributed by atoms with E-state index in [-0.39, 0.29) is 5.78 Å². The van der Waals surface area contributed by atoms with Crippen LogP contribution in [-0.4, -0.2) is 76.1 Å². The van der Waals surface area contributed by atoms with Crippen molar-refractivity contribution >= 4 is 17.6 Å². The van der Waals surface area contributed by atoms with E-state index in [0.717, 1.165) is 49.2 Å². The second-order valence-corrected chi connectivity index (χ2v) is 8.32. The fourth-order valence-electron chi connectivity index (χ4n) is 3.76. The third-order valence-corrected chi connectivity index (χ3v) is 5.66. The zero-order valence-electron chi connectivity index (χ0n) is 25.1. The highest BCUT2D eigenvalue weighted by atomic mass is 16.5. The quantitative estimate of drug-likeness (QED) is 0.226. The number of fused-ring (bicyclic) bond motifs is 1. The smallest absolute Gasteiger partial charge is 0.176 e. The number of Topliss-reactive ketones (excluding diaryl/α,β-unsaturated/α-hetero) is 1. The Morgan fingerprint density at radius 2 is 1.63 bits per heavy atom. The molecule has 1 aromatic carbocycles. The molecule has 0 aliphatic rings. The number of pyridine rings is 1. The van der Waals surface area contributed by atoms with Crippen LogP contribution in [0.4, 0.5) is 0 Å². The number of rotatable bonds is 10. The van der Waals surface area contributed by atoms with Gasteiger partial charge in [0.15, 0.2) is 5.78 Å². The summed E-state index contributed by atoms with van der Waals surface area (Å²) in [6.45, 7) is 15.7. The molecule has 2 heterocycles. The lowest BCUT2D eigenvalue weighted by Gasteiger charge is -2.20. The van der Waals surface area contributed by atoms with Crippen molar-refractivity contribution in [3.05, 3.63) is 65.0 Å². The molecule has 0 unspecified atom stereocenters. The Labute approximate surface area is 229 Å². The van der Waals surface area contributed by atoms with Gasteiger partial charge in [0.2, 0.25) is 0 Å². The third-order valence-electron chi connectivity index (χ3n) is 5.66. The van der Waals surface area contributed by atoms with Crippen LogP contribution in [0.1, 0.15) is 66.6 Å². The fraction of sp³-hybridized carbons (Fsp3) is 0.484. The van der Waals surface area contributed by atoms with Crippen LogP contribution in [-0.2, 0) is 20.8 Å². The molecule has 0 aliphatic carbocycles. The van der Waals surface area contributed by atoms with Crippen LogP contribution in [0.15, 0.2) is 42.6 Å². The van der Waals surface area contributed by atoms with Crippen LogP contribution in [0.25, 0.3) is 16.6 Å². The SMILES string of the molecule is CC.CCN(CCOC)Cc1cccc(-c2cc3cc(C=O)c(C)c(C(C)=O)n3c2)c1.CCOC.COC. The molecule has 212 valence electrons. The fourth-order valence-corrected chi connectivity index (χ4v) is 3.76. The summed E-state index contributed by atoms with van der Waals surface area (Å²) >= 11 is 0. The van der Waals surface area contributed by atoms with Gasteiger partial charge in [0.25, 0.3) is 0 Å². The Hall–Kier alpha value is -2.84. The summed E-state index contributed by atoms with van der Waals surface area (Å²) < 4.78 is 15.9. The van der Waals surface area contributed by atoms with Crippen LogP contribution in [0.3, 0.4) is 0 Å². The van der Waals surface area contributed by atoms with Gasteiger partial charge in [-0.15, -0.1) is 0 Å². The molecule has 0 bridgehead atoms. The highest BCUT2D eigenvalue weighted by Crippen LogP contribution is 2.27. The Bertz CT molecular complexity index is 1090. The van der Waals surface area contributed by atoms with Crippen molar-refractivity contribution in [3.8, 4) is 11.1 Å². The van der Waals surface area contributed by atoms with Crippen LogP contribution in [0.2, 0.25) is 0 Å². The van der Waals surface area contributed by atoms with Gasteiger partial charge < -0.3 is 18.6 Å². The van der Waals surface area contributed by atoms with E-state index in [0.29, 0.717) is 23.4 Å². The predicted molar refractivity (Wildman–Crippen MR) is 158 cm³/mol. The molecule has 38 heavy (non-hydrogen) atoms. The molecule has 3 rings (SSSR count). The van der Waals surface area contributed by atoms with Gasteiger partial charge >= 0.3 is 0 Å². The van der Waals surface area contributed by atoms with E-state index in [2.05, 4.69) is 45.6 Å². The van der Waals surface area contributed by atoms with E-state index in [9.17, 15) is 9.59 Å². The number of hydrogen-bond donors (Lipinski definition) is 0. The number of methoxy groups -OCH3 is 3. The average molecular weight is 529 g/mol. The molecule has 0 radical (unpaired) electrons. The van der Waals surface area contributed by atoms with Crippen molar-refractivity contribution < 1.29 is 23.8 Å². The zero-order valence-corrected chi connectivity index (χ0v) is 25.1. The van der Waals surface area contributed by atoms with Crippen LogP contribution < -0.4 is 0 Å². The minimum atomic E-state index is -0.0520. The molecule has 0 fully saturated rings. The van der Waals surface area contributed by atoms with Crippen LogP contribution in [0, 0.1) is 6.92 Å². The first-order valence-electron chi connectivity index (χ1n) is 13.1. The topological polar surface area (TPSA) is 69.5 Å². The monoisotopic (exact) mass is 528 g/mol. The minimum Gasteiger partial charge on any atom is -0.388 e. The maximum Gasteiger partial charge on any atom is 0.176 e. The predicted octanol–water partition coefficient (Wildman–Crippen LogP) is 6.34. The zero-order chi connectivity index (χ0) is 29.1. The lowest BCUT2D eigenvalue weighted by molar-refractivity contribution is 0.101. The number of nitrogens with zero attached hydrogens (tertiary/aromatic N) is 2. The second-order valence-electron chi connectivity index (χ2n) is 8.32. The van der Waals surface area contributed by atoms with Gasteiger partial charge in [-0.25, -0.2) is 0 Å². The number of aromatic nitrogens is 1. The van der Waals surface area contributed by atoms with E-state index in [1.165, 1.54) is 12.5 Å². The van der Waals surface area contributed by atoms with E-state index in [4.69, 9.17) is 4.74 Å². The molecule has 2 aromatic heterocycles. The van der Waals surface area contributed by atoms with Crippen molar-refractivity contribution in [1.29, 1.82) is 0 Å². The number of likely N-dealkylation sites (N-methyl/N-ethyl adjacent to an activating group) is 1. The number of ether oxygens (including phenoxy) is 3. The van der Waals surface area contributed by atoms with E-state index in [1.807, 2.05) is 50.4 Å². The number of carbonyl (C=O) groups is 2. The van der Waals surface area contributed by atoms with Crippen molar-refractivity contribution in [1.82, 2.24) is 9.30 Å². The molecule has 0 amide bonds. The Kier molecular flexibility index (Phi) is 18.7. The Morgan fingerprint density at radius 1 is 1.00 bits per heavy atom. The molecule has 3 aromatic rings. The van der Waals surface area contributed by atoms with Gasteiger partial charge in [-0.3, -0.25) is 14.5 Å². The number of carbonyl (C=O) groups excluding carboxylic acids is 2. The van der Waals surface area contributed by atoms with Crippen molar-refractivity contribution in [2.45, 2.75) is 48.1 Å². The normalized spacial score (nSPS) is 10.1. The molecule has 0 saturated heterocycles. The summed E-state index contributed by atoms with van der Waals surface area (Å²) in [6.07, 6.45) is 2.80. The Balaban J connectivity index is 0.00000134. The lowest BCUT2D eigenvalue weighted by atomic mass is 10.0. The lowest BCUT2D eigenvalue weighted by Crippen LogP contribution is -2.26. The molecule has 0 N–H and O–H groups in total. The van der Waals surface area contributed by atoms with Crippen molar-refractivity contribution in [3.63, 3.8) is 0 Å².